The van der Waals surface area contributed by atoms with Crippen molar-refractivity contribution in [3.63, 3.8) is 0 Å². The normalized spacial score (nSPS) is 12.9. The first-order valence-corrected chi connectivity index (χ1v) is 9.65. The average Bonchev–Trinajstić information content (AvgIpc) is 2.34. The van der Waals surface area contributed by atoms with Crippen molar-refractivity contribution in [1.29, 1.82) is 0 Å². The molecule has 0 aliphatic carbocycles. The van der Waals surface area contributed by atoms with Gasteiger partial charge in [-0.1, -0.05) is 77.6 Å². The van der Waals surface area contributed by atoms with E-state index in [1.54, 1.807) is 0 Å². The number of hydrogen-bond acceptors (Lipinski definition) is 4. The minimum atomic E-state index is -4.29. The molecule has 0 heterocycles. The van der Waals surface area contributed by atoms with Gasteiger partial charge in [0.1, 0.15) is 0 Å². The molecule has 0 aromatic heterocycles. The van der Waals surface area contributed by atoms with Gasteiger partial charge in [-0.2, -0.15) is 0 Å². The topological polar surface area (TPSA) is 77.4 Å². The number of aliphatic hydroxyl groups excluding tert-OH is 1. The third kappa shape index (κ3) is 21.5. The van der Waals surface area contributed by atoms with Crippen molar-refractivity contribution in [2.45, 2.75) is 90.1 Å². The Labute approximate surface area is 173 Å². The van der Waals surface area contributed by atoms with Gasteiger partial charge in [0.05, 0.1) is 22.0 Å². The van der Waals surface area contributed by atoms with Crippen molar-refractivity contribution in [2.24, 2.45) is 0 Å². The molecule has 0 spiro atoms. The van der Waals surface area contributed by atoms with Crippen LogP contribution in [0.1, 0.15) is 84.0 Å². The summed E-state index contributed by atoms with van der Waals surface area (Å²) in [5.74, 6) is -0.648. The van der Waals surface area contributed by atoms with E-state index < -0.39 is 22.0 Å². The molecule has 6 heteroatoms. The van der Waals surface area contributed by atoms with Crippen LogP contribution in [0.3, 0.4) is 0 Å². The largest absolute Gasteiger partial charge is 1.00 e. The molecule has 1 N–H and O–H groups in total. The van der Waals surface area contributed by atoms with Crippen LogP contribution in [0.5, 0.6) is 0 Å². The van der Waals surface area contributed by atoms with Crippen LogP contribution >= 0.6 is 0 Å². The monoisotopic (exact) mass is 346 g/mol. The van der Waals surface area contributed by atoms with E-state index in [0.717, 1.165) is 19.3 Å². The molecule has 122 valence electrons. The van der Waals surface area contributed by atoms with Crippen molar-refractivity contribution in [2.75, 3.05) is 5.75 Å². The van der Waals surface area contributed by atoms with Crippen LogP contribution < -0.4 is 51.4 Å². The number of rotatable bonds is 14. The Hall–Kier alpha value is 1.51. The molecule has 0 aromatic carbocycles. The van der Waals surface area contributed by atoms with Gasteiger partial charge in [-0.3, -0.25) is 0 Å². The third-order valence-electron chi connectivity index (χ3n) is 3.54. The van der Waals surface area contributed by atoms with E-state index in [2.05, 4.69) is 6.92 Å². The smallest absolute Gasteiger partial charge is 0.748 e. The Morgan fingerprint density at radius 2 is 1.24 bits per heavy atom. The molecule has 1 unspecified atom stereocenters. The zero-order valence-electron chi connectivity index (χ0n) is 13.8. The summed E-state index contributed by atoms with van der Waals surface area (Å²) in [6, 6.07) is 0. The summed E-state index contributed by atoms with van der Waals surface area (Å²) in [7, 11) is -4.29. The van der Waals surface area contributed by atoms with Crippen molar-refractivity contribution in [3.05, 3.63) is 0 Å². The quantitative estimate of drug-likeness (QED) is 0.284. The predicted octanol–water partition coefficient (Wildman–Crippen LogP) is 0.598. The van der Waals surface area contributed by atoms with E-state index in [-0.39, 0.29) is 51.4 Å². The Kier molecular flexibility index (Phi) is 19.3. The molecule has 0 saturated heterocycles. The third-order valence-corrected chi connectivity index (χ3v) is 4.33. The van der Waals surface area contributed by atoms with Crippen LogP contribution in [0.2, 0.25) is 0 Å². The molecule has 0 amide bonds. The van der Waals surface area contributed by atoms with Crippen molar-refractivity contribution >= 4 is 10.1 Å². The van der Waals surface area contributed by atoms with Gasteiger partial charge >= 0.3 is 51.4 Å². The Balaban J connectivity index is 0. The van der Waals surface area contributed by atoms with Crippen molar-refractivity contribution in [3.8, 4) is 0 Å². The van der Waals surface area contributed by atoms with Crippen molar-refractivity contribution < 1.29 is 69.5 Å². The second kappa shape index (κ2) is 16.4. The molecule has 0 radical (unpaired) electrons. The fraction of sp³-hybridized carbons (Fsp3) is 1.00. The molecule has 0 saturated carbocycles. The second-order valence-corrected chi connectivity index (χ2v) is 7.15. The maximum atomic E-state index is 10.4. The SMILES string of the molecule is CCCCCCCCCCCCCC(O)CS(=O)(=O)[O-].[K+]. The minimum Gasteiger partial charge on any atom is -0.748 e. The summed E-state index contributed by atoms with van der Waals surface area (Å²) in [4.78, 5) is 0. The number of unbranched alkanes of at least 4 members (excludes halogenated alkanes) is 10. The molecule has 4 nitrogen and oxygen atoms in total. The van der Waals surface area contributed by atoms with Gasteiger partial charge in [0.15, 0.2) is 0 Å². The summed E-state index contributed by atoms with van der Waals surface area (Å²) in [5.41, 5.74) is 0. The molecular formula is C15H31KO4S. The van der Waals surface area contributed by atoms with E-state index in [1.807, 2.05) is 0 Å². The number of aliphatic hydroxyl groups is 1. The Bertz CT molecular complexity index is 307. The first kappa shape index (κ1) is 24.8. The average molecular weight is 347 g/mol. The first-order chi connectivity index (χ1) is 9.45. The zero-order valence-corrected chi connectivity index (χ0v) is 17.8. The van der Waals surface area contributed by atoms with Gasteiger partial charge < -0.3 is 9.66 Å². The summed E-state index contributed by atoms with van der Waals surface area (Å²) < 4.78 is 31.3. The maximum absolute atomic E-state index is 10.4. The van der Waals surface area contributed by atoms with Crippen molar-refractivity contribution in [1.82, 2.24) is 0 Å². The van der Waals surface area contributed by atoms with Gasteiger partial charge in [-0.25, -0.2) is 8.42 Å². The molecule has 0 aliphatic heterocycles. The molecule has 21 heavy (non-hydrogen) atoms. The minimum absolute atomic E-state index is 0. The fourth-order valence-electron chi connectivity index (χ4n) is 2.36. The first-order valence-electron chi connectivity index (χ1n) is 8.07. The molecule has 0 aliphatic rings. The molecular weight excluding hydrogens is 315 g/mol. The van der Waals surface area contributed by atoms with Crippen LogP contribution in [-0.2, 0) is 10.1 Å². The van der Waals surface area contributed by atoms with Gasteiger partial charge in [-0.15, -0.1) is 0 Å². The van der Waals surface area contributed by atoms with Crippen LogP contribution in [0, 0.1) is 0 Å². The summed E-state index contributed by atoms with van der Waals surface area (Å²) in [5, 5.41) is 9.35. The molecule has 0 fully saturated rings. The van der Waals surface area contributed by atoms with Crippen LogP contribution in [0.15, 0.2) is 0 Å². The standard InChI is InChI=1S/C15H32O4S.K/c1-2-3-4-5-6-7-8-9-10-11-12-13-15(16)14-20(17,18)19;/h15-16H,2-14H2,1H3,(H,17,18,19);/q;+1/p-1. The maximum Gasteiger partial charge on any atom is 1.00 e. The molecule has 0 rings (SSSR count). The van der Waals surface area contributed by atoms with E-state index in [1.165, 1.54) is 51.4 Å². The van der Waals surface area contributed by atoms with E-state index in [4.69, 9.17) is 0 Å². The second-order valence-electron chi connectivity index (χ2n) is 5.70. The summed E-state index contributed by atoms with van der Waals surface area (Å²) >= 11 is 0. The van der Waals surface area contributed by atoms with Crippen LogP contribution in [0.4, 0.5) is 0 Å². The van der Waals surface area contributed by atoms with Gasteiger partial charge in [-0.05, 0) is 6.42 Å². The molecule has 0 bridgehead atoms. The van der Waals surface area contributed by atoms with Crippen LogP contribution in [-0.4, -0.2) is 29.9 Å². The zero-order chi connectivity index (χ0) is 15.3. The fourth-order valence-corrected chi connectivity index (χ4v) is 3.00. The molecule has 1 atom stereocenters. The number of hydrogen-bond donors (Lipinski definition) is 1. The van der Waals surface area contributed by atoms with Gasteiger partial charge in [0.2, 0.25) is 0 Å². The molecule has 0 aromatic rings. The van der Waals surface area contributed by atoms with Gasteiger partial charge in [0.25, 0.3) is 0 Å². The van der Waals surface area contributed by atoms with E-state index in [0.29, 0.717) is 6.42 Å². The summed E-state index contributed by atoms with van der Waals surface area (Å²) in [6.45, 7) is 2.23. The van der Waals surface area contributed by atoms with E-state index in [9.17, 15) is 18.1 Å². The summed E-state index contributed by atoms with van der Waals surface area (Å²) in [6.07, 6.45) is 12.8. The Morgan fingerprint density at radius 3 is 1.62 bits per heavy atom. The van der Waals surface area contributed by atoms with Crippen LogP contribution in [0.25, 0.3) is 0 Å². The van der Waals surface area contributed by atoms with E-state index >= 15 is 0 Å². The predicted molar refractivity (Wildman–Crippen MR) is 81.6 cm³/mol. The van der Waals surface area contributed by atoms with Gasteiger partial charge in [0, 0.05) is 0 Å². The Morgan fingerprint density at radius 1 is 0.857 bits per heavy atom.